The monoisotopic (exact) mass is 306 g/mol. The molecular weight excluding hydrogens is 280 g/mol. The largest absolute Gasteiger partial charge is 0.304 e. The predicted octanol–water partition coefficient (Wildman–Crippen LogP) is 3.77. The minimum absolute atomic E-state index is 0.171. The van der Waals surface area contributed by atoms with Gasteiger partial charge in [0.1, 0.15) is 12.1 Å². The molecular formula is C14H26O3S2. The van der Waals surface area contributed by atoms with Crippen LogP contribution in [-0.4, -0.2) is 35.1 Å². The van der Waals surface area contributed by atoms with E-state index in [9.17, 15) is 9.59 Å². The van der Waals surface area contributed by atoms with Gasteiger partial charge in [0.15, 0.2) is 5.78 Å². The van der Waals surface area contributed by atoms with E-state index < -0.39 is 0 Å². The number of Topliss-reactive ketones (excluding diaryl/α,β-unsaturated/α-hetero) is 2. The Morgan fingerprint density at radius 1 is 1.05 bits per heavy atom. The molecule has 0 bridgehead atoms. The zero-order chi connectivity index (χ0) is 15.7. The molecule has 0 aliphatic rings. The first-order chi connectivity index (χ1) is 8.90. The van der Waals surface area contributed by atoms with Gasteiger partial charge >= 0.3 is 0 Å². The Hall–Kier alpha value is -0.550. The molecule has 0 heterocycles. The molecule has 0 rings (SSSR count). The highest BCUT2D eigenvalue weighted by atomic mass is 32.2. The third-order valence-corrected chi connectivity index (χ3v) is 3.56. The van der Waals surface area contributed by atoms with Crippen LogP contribution in [0.25, 0.3) is 0 Å². The summed E-state index contributed by atoms with van der Waals surface area (Å²) in [6, 6.07) is 0. The molecule has 0 saturated carbocycles. The highest BCUT2D eigenvalue weighted by Gasteiger charge is 1.99. The van der Waals surface area contributed by atoms with Gasteiger partial charge in [0, 0.05) is 4.91 Å². The lowest BCUT2D eigenvalue weighted by Gasteiger charge is -1.96. The average molecular weight is 306 g/mol. The second-order valence-corrected chi connectivity index (χ2v) is 5.80. The highest BCUT2D eigenvalue weighted by Crippen LogP contribution is 2.14. The molecule has 0 fully saturated rings. The fourth-order valence-electron chi connectivity index (χ4n) is 0.790. The van der Waals surface area contributed by atoms with E-state index in [4.69, 9.17) is 4.79 Å². The number of aldehydes is 1. The minimum atomic E-state index is 0.171. The molecule has 0 aliphatic carbocycles. The summed E-state index contributed by atoms with van der Waals surface area (Å²) in [7, 11) is 0. The normalized spacial score (nSPS) is 9.47. The first-order valence-corrected chi connectivity index (χ1v) is 8.32. The lowest BCUT2D eigenvalue weighted by atomic mass is 10.4. The fraction of sp³-hybridized carbons (Fsp3) is 0.643. The van der Waals surface area contributed by atoms with Crippen molar-refractivity contribution < 1.29 is 14.4 Å². The number of thioether (sulfide) groups is 2. The molecule has 5 heteroatoms. The second kappa shape index (κ2) is 19.8. The maximum atomic E-state index is 10.7. The van der Waals surface area contributed by atoms with Crippen molar-refractivity contribution in [3.63, 3.8) is 0 Å². The molecule has 0 aliphatic heterocycles. The Labute approximate surface area is 126 Å². The first kappa shape index (κ1) is 23.5. The number of carbonyl (C=O) groups is 3. The second-order valence-electron chi connectivity index (χ2n) is 3.22. The molecule has 0 aromatic heterocycles. The molecule has 0 N–H and O–H groups in total. The molecule has 0 atom stereocenters. The molecule has 0 amide bonds. The van der Waals surface area contributed by atoms with Crippen molar-refractivity contribution >= 4 is 41.4 Å². The SMILES string of the molecule is C/C=C(/SCC)C(C)=O.CC=O.CCSCC(C)=O. The van der Waals surface area contributed by atoms with Crippen molar-refractivity contribution in [1.82, 2.24) is 0 Å². The van der Waals surface area contributed by atoms with Crippen LogP contribution >= 0.6 is 23.5 Å². The Morgan fingerprint density at radius 3 is 1.63 bits per heavy atom. The molecule has 112 valence electrons. The molecule has 3 nitrogen and oxygen atoms in total. The van der Waals surface area contributed by atoms with E-state index in [1.165, 1.54) is 6.92 Å². The van der Waals surface area contributed by atoms with Gasteiger partial charge in [-0.1, -0.05) is 19.9 Å². The van der Waals surface area contributed by atoms with Gasteiger partial charge in [0.25, 0.3) is 0 Å². The molecule has 0 saturated heterocycles. The third-order valence-electron chi connectivity index (χ3n) is 1.42. The van der Waals surface area contributed by atoms with Crippen LogP contribution in [0.5, 0.6) is 0 Å². The molecule has 0 unspecified atom stereocenters. The van der Waals surface area contributed by atoms with Gasteiger partial charge in [-0.15, -0.1) is 11.8 Å². The van der Waals surface area contributed by atoms with Crippen molar-refractivity contribution in [2.45, 2.75) is 41.5 Å². The quantitative estimate of drug-likeness (QED) is 0.552. The van der Waals surface area contributed by atoms with Gasteiger partial charge in [-0.3, -0.25) is 9.59 Å². The number of rotatable bonds is 6. The Bertz CT molecular complexity index is 274. The van der Waals surface area contributed by atoms with Crippen LogP contribution in [-0.2, 0) is 14.4 Å². The number of carbonyl (C=O) groups excluding carboxylic acids is 3. The van der Waals surface area contributed by atoms with Crippen LogP contribution in [0.1, 0.15) is 41.5 Å². The van der Waals surface area contributed by atoms with Crippen LogP contribution in [0, 0.1) is 0 Å². The molecule has 0 aromatic rings. The van der Waals surface area contributed by atoms with E-state index in [-0.39, 0.29) is 11.6 Å². The van der Waals surface area contributed by atoms with E-state index >= 15 is 0 Å². The zero-order valence-electron chi connectivity index (χ0n) is 12.8. The van der Waals surface area contributed by atoms with Crippen molar-refractivity contribution in [2.75, 3.05) is 17.3 Å². The van der Waals surface area contributed by atoms with Gasteiger partial charge in [-0.05, 0) is 39.2 Å². The van der Waals surface area contributed by atoms with Gasteiger partial charge in [-0.2, -0.15) is 11.8 Å². The Kier molecular flexibility index (Phi) is 24.5. The summed E-state index contributed by atoms with van der Waals surface area (Å²) in [5, 5.41) is 0. The van der Waals surface area contributed by atoms with Gasteiger partial charge in [0.2, 0.25) is 0 Å². The highest BCUT2D eigenvalue weighted by molar-refractivity contribution is 8.03. The van der Waals surface area contributed by atoms with Crippen LogP contribution in [0.4, 0.5) is 0 Å². The summed E-state index contributed by atoms with van der Waals surface area (Å²) >= 11 is 3.26. The summed E-state index contributed by atoms with van der Waals surface area (Å²) in [6.07, 6.45) is 2.61. The van der Waals surface area contributed by atoms with Crippen molar-refractivity contribution in [1.29, 1.82) is 0 Å². The lowest BCUT2D eigenvalue weighted by Crippen LogP contribution is -1.92. The van der Waals surface area contributed by atoms with Gasteiger partial charge in [-0.25, -0.2) is 0 Å². The zero-order valence-corrected chi connectivity index (χ0v) is 14.5. The van der Waals surface area contributed by atoms with Crippen LogP contribution in [0.15, 0.2) is 11.0 Å². The maximum absolute atomic E-state index is 10.7. The number of allylic oxidation sites excluding steroid dienone is 2. The predicted molar refractivity (Wildman–Crippen MR) is 88.0 cm³/mol. The van der Waals surface area contributed by atoms with E-state index in [1.807, 2.05) is 26.8 Å². The third kappa shape index (κ3) is 26.9. The van der Waals surface area contributed by atoms with Crippen LogP contribution in [0.2, 0.25) is 0 Å². The van der Waals surface area contributed by atoms with E-state index in [0.29, 0.717) is 5.75 Å². The molecule has 0 spiro atoms. The minimum Gasteiger partial charge on any atom is -0.304 e. The summed E-state index contributed by atoms with van der Waals surface area (Å²) in [5.74, 6) is 3.13. The Balaban J connectivity index is -0.000000228. The smallest absolute Gasteiger partial charge is 0.165 e. The molecule has 0 aromatic carbocycles. The van der Waals surface area contributed by atoms with Crippen molar-refractivity contribution in [3.05, 3.63) is 11.0 Å². The number of hydrogen-bond donors (Lipinski definition) is 0. The topological polar surface area (TPSA) is 51.2 Å². The van der Waals surface area contributed by atoms with Gasteiger partial charge < -0.3 is 4.79 Å². The summed E-state index contributed by atoms with van der Waals surface area (Å²) in [5.41, 5.74) is 0. The van der Waals surface area contributed by atoms with E-state index in [2.05, 4.69) is 0 Å². The van der Waals surface area contributed by atoms with Crippen molar-refractivity contribution in [3.8, 4) is 0 Å². The van der Waals surface area contributed by atoms with Crippen molar-refractivity contribution in [2.24, 2.45) is 0 Å². The van der Waals surface area contributed by atoms with Gasteiger partial charge in [0.05, 0.1) is 5.75 Å². The summed E-state index contributed by atoms with van der Waals surface area (Å²) in [6.45, 7) is 10.6. The fourth-order valence-corrected chi connectivity index (χ4v) is 1.96. The standard InChI is InChI=1S/C7H12OS.C5H10OS.C2H4O/c1-4-7(6(3)8)9-5-2;1-3-7-4-5(2)6;1-2-3/h4H,5H2,1-3H3;3-4H2,1-2H3;2H,1H3/b7-4+;;. The van der Waals surface area contributed by atoms with E-state index in [0.717, 1.165) is 22.7 Å². The first-order valence-electron chi connectivity index (χ1n) is 6.18. The summed E-state index contributed by atoms with van der Waals surface area (Å²) in [4.78, 5) is 30.5. The summed E-state index contributed by atoms with van der Waals surface area (Å²) < 4.78 is 0. The Morgan fingerprint density at radius 2 is 1.53 bits per heavy atom. The molecule has 0 radical (unpaired) electrons. The maximum Gasteiger partial charge on any atom is 0.165 e. The lowest BCUT2D eigenvalue weighted by molar-refractivity contribution is -0.115. The van der Waals surface area contributed by atoms with Crippen LogP contribution < -0.4 is 0 Å². The van der Waals surface area contributed by atoms with E-state index in [1.54, 1.807) is 37.4 Å². The van der Waals surface area contributed by atoms with Crippen LogP contribution in [0.3, 0.4) is 0 Å². The molecule has 19 heavy (non-hydrogen) atoms. The number of ketones is 2. The number of hydrogen-bond acceptors (Lipinski definition) is 5. The average Bonchev–Trinajstić information content (AvgIpc) is 2.34.